The lowest BCUT2D eigenvalue weighted by Crippen LogP contribution is -2.00. The molecule has 0 bridgehead atoms. The fourth-order valence-corrected chi connectivity index (χ4v) is 3.67. The Hall–Kier alpha value is -1.10. The van der Waals surface area contributed by atoms with Gasteiger partial charge in [0.1, 0.15) is 5.75 Å². The minimum atomic E-state index is 0.550. The zero-order valence-corrected chi connectivity index (χ0v) is 12.7. The first kappa shape index (κ1) is 14.3. The summed E-state index contributed by atoms with van der Waals surface area (Å²) in [7, 11) is 1.70. The second-order valence-corrected chi connectivity index (χ2v) is 5.83. The van der Waals surface area contributed by atoms with Crippen LogP contribution in [0.25, 0.3) is 0 Å². The van der Waals surface area contributed by atoms with Gasteiger partial charge in [-0.3, -0.25) is 0 Å². The van der Waals surface area contributed by atoms with Gasteiger partial charge in [0.15, 0.2) is 0 Å². The number of para-hydroxylation sites is 1. The highest BCUT2D eigenvalue weighted by atomic mass is 32.2. The molecule has 4 heteroatoms. The first-order valence-corrected chi connectivity index (χ1v) is 8.01. The first-order valence-electron chi connectivity index (χ1n) is 5.97. The fourth-order valence-electron chi connectivity index (χ4n) is 1.86. The van der Waals surface area contributed by atoms with Crippen molar-refractivity contribution in [2.75, 3.05) is 13.4 Å². The molecule has 0 aliphatic heterocycles. The van der Waals surface area contributed by atoms with Gasteiger partial charge in [0.2, 0.25) is 0 Å². The smallest absolute Gasteiger partial charge is 0.132 e. The molecule has 0 aliphatic carbocycles. The van der Waals surface area contributed by atoms with Gasteiger partial charge < -0.3 is 10.5 Å². The number of nitrogens with two attached hydrogens (primary N) is 1. The average Bonchev–Trinajstić information content (AvgIpc) is 2.47. The Morgan fingerprint density at radius 1 is 1.00 bits per heavy atom. The van der Waals surface area contributed by atoms with E-state index in [1.807, 2.05) is 18.2 Å². The molecular weight excluding hydrogens is 274 g/mol. The summed E-state index contributed by atoms with van der Waals surface area (Å²) >= 11 is 3.43. The molecule has 19 heavy (non-hydrogen) atoms. The van der Waals surface area contributed by atoms with Gasteiger partial charge >= 0.3 is 0 Å². The van der Waals surface area contributed by atoms with Gasteiger partial charge in [-0.1, -0.05) is 30.0 Å². The fraction of sp³-hybridized carbons (Fsp3) is 0.200. The van der Waals surface area contributed by atoms with Gasteiger partial charge in [0.25, 0.3) is 0 Å². The average molecular weight is 291 g/mol. The Morgan fingerprint density at radius 3 is 2.37 bits per heavy atom. The molecule has 0 radical (unpaired) electrons. The zero-order valence-electron chi connectivity index (χ0n) is 11.1. The monoisotopic (exact) mass is 291 g/mol. The van der Waals surface area contributed by atoms with Crippen LogP contribution in [0.2, 0.25) is 0 Å². The summed E-state index contributed by atoms with van der Waals surface area (Å²) in [6, 6.07) is 14.3. The van der Waals surface area contributed by atoms with Crippen molar-refractivity contribution in [3.05, 3.63) is 48.0 Å². The molecule has 0 spiro atoms. The van der Waals surface area contributed by atoms with Crippen molar-refractivity contribution in [2.24, 2.45) is 5.73 Å². The minimum absolute atomic E-state index is 0.550. The van der Waals surface area contributed by atoms with Gasteiger partial charge in [0.05, 0.1) is 12.0 Å². The lowest BCUT2D eigenvalue weighted by atomic mass is 10.2. The van der Waals surface area contributed by atoms with Crippen molar-refractivity contribution in [1.82, 2.24) is 0 Å². The molecule has 0 aromatic heterocycles. The van der Waals surface area contributed by atoms with Crippen molar-refractivity contribution >= 4 is 23.5 Å². The molecule has 0 saturated carbocycles. The van der Waals surface area contributed by atoms with E-state index in [2.05, 4.69) is 30.5 Å². The van der Waals surface area contributed by atoms with Gasteiger partial charge in [-0.2, -0.15) is 0 Å². The molecule has 0 saturated heterocycles. The molecule has 0 atom stereocenters. The van der Waals surface area contributed by atoms with Crippen LogP contribution in [0.15, 0.2) is 57.2 Å². The van der Waals surface area contributed by atoms with Crippen LogP contribution in [-0.4, -0.2) is 13.4 Å². The lowest BCUT2D eigenvalue weighted by Gasteiger charge is -2.13. The maximum Gasteiger partial charge on any atom is 0.132 e. The molecule has 2 rings (SSSR count). The maximum atomic E-state index is 5.89. The van der Waals surface area contributed by atoms with Gasteiger partial charge in [-0.15, -0.1) is 11.8 Å². The molecule has 2 aromatic rings. The Kier molecular flexibility index (Phi) is 5.19. The van der Waals surface area contributed by atoms with E-state index in [0.29, 0.717) is 6.54 Å². The number of hydrogen-bond acceptors (Lipinski definition) is 4. The van der Waals surface area contributed by atoms with Crippen molar-refractivity contribution in [2.45, 2.75) is 21.2 Å². The topological polar surface area (TPSA) is 35.2 Å². The van der Waals surface area contributed by atoms with Crippen molar-refractivity contribution in [1.29, 1.82) is 0 Å². The van der Waals surface area contributed by atoms with Crippen molar-refractivity contribution in [3.8, 4) is 5.75 Å². The highest BCUT2D eigenvalue weighted by Gasteiger charge is 2.10. The lowest BCUT2D eigenvalue weighted by molar-refractivity contribution is 0.405. The van der Waals surface area contributed by atoms with Crippen LogP contribution < -0.4 is 10.5 Å². The third-order valence-corrected chi connectivity index (χ3v) is 4.78. The highest BCUT2D eigenvalue weighted by molar-refractivity contribution is 8.00. The summed E-state index contributed by atoms with van der Waals surface area (Å²) in [6.45, 7) is 0.550. The predicted octanol–water partition coefficient (Wildman–Crippen LogP) is 4.03. The van der Waals surface area contributed by atoms with E-state index in [1.165, 1.54) is 15.4 Å². The number of rotatable bonds is 5. The van der Waals surface area contributed by atoms with E-state index >= 15 is 0 Å². The summed E-state index contributed by atoms with van der Waals surface area (Å²) in [5.41, 5.74) is 7.09. The molecule has 0 aliphatic rings. The predicted molar refractivity (Wildman–Crippen MR) is 83.2 cm³/mol. The Labute approximate surface area is 122 Å². The van der Waals surface area contributed by atoms with E-state index in [9.17, 15) is 0 Å². The van der Waals surface area contributed by atoms with Crippen LogP contribution >= 0.6 is 23.5 Å². The van der Waals surface area contributed by atoms with Crippen LogP contribution in [0, 0.1) is 0 Å². The van der Waals surface area contributed by atoms with Crippen molar-refractivity contribution < 1.29 is 4.74 Å². The quantitative estimate of drug-likeness (QED) is 0.844. The normalized spacial score (nSPS) is 10.5. The first-order chi connectivity index (χ1) is 9.30. The van der Waals surface area contributed by atoms with Crippen LogP contribution in [-0.2, 0) is 6.54 Å². The minimum Gasteiger partial charge on any atom is -0.496 e. The van der Waals surface area contributed by atoms with Crippen LogP contribution in [0.4, 0.5) is 0 Å². The van der Waals surface area contributed by atoms with Crippen LogP contribution in [0.3, 0.4) is 0 Å². The molecule has 2 nitrogen and oxygen atoms in total. The molecule has 0 heterocycles. The SMILES string of the molecule is COc1ccccc1Sc1cccc(SC)c1CN. The molecule has 0 unspecified atom stereocenters. The standard InChI is InChI=1S/C15H17NOS2/c1-17-12-6-3-4-7-15(12)19-14-9-5-8-13(18-2)11(14)10-16/h3-9H,10,16H2,1-2H3. The van der Waals surface area contributed by atoms with Gasteiger partial charge in [-0.25, -0.2) is 0 Å². The molecule has 2 N–H and O–H groups in total. The van der Waals surface area contributed by atoms with Crippen LogP contribution in [0.1, 0.15) is 5.56 Å². The molecule has 0 amide bonds. The Balaban J connectivity index is 2.38. The molecule has 2 aromatic carbocycles. The summed E-state index contributed by atoms with van der Waals surface area (Å²) in [4.78, 5) is 3.54. The van der Waals surface area contributed by atoms with Gasteiger partial charge in [0, 0.05) is 16.3 Å². The Morgan fingerprint density at radius 2 is 1.68 bits per heavy atom. The highest BCUT2D eigenvalue weighted by Crippen LogP contribution is 2.38. The third-order valence-electron chi connectivity index (χ3n) is 2.80. The summed E-state index contributed by atoms with van der Waals surface area (Å²) in [5, 5.41) is 0. The maximum absolute atomic E-state index is 5.89. The van der Waals surface area contributed by atoms with Crippen LogP contribution in [0.5, 0.6) is 5.75 Å². The van der Waals surface area contributed by atoms with E-state index in [0.717, 1.165) is 10.6 Å². The largest absolute Gasteiger partial charge is 0.496 e. The third kappa shape index (κ3) is 3.26. The van der Waals surface area contributed by atoms with E-state index in [1.54, 1.807) is 30.6 Å². The second-order valence-electron chi connectivity index (χ2n) is 3.89. The van der Waals surface area contributed by atoms with E-state index in [-0.39, 0.29) is 0 Å². The van der Waals surface area contributed by atoms with E-state index in [4.69, 9.17) is 10.5 Å². The van der Waals surface area contributed by atoms with Crippen molar-refractivity contribution in [3.63, 3.8) is 0 Å². The van der Waals surface area contributed by atoms with E-state index < -0.39 is 0 Å². The summed E-state index contributed by atoms with van der Waals surface area (Å²) in [6.07, 6.45) is 2.08. The van der Waals surface area contributed by atoms with Gasteiger partial charge in [-0.05, 0) is 36.1 Å². The Bertz CT molecular complexity index is 558. The molecular formula is C15H17NOS2. The second kappa shape index (κ2) is 6.89. The number of methoxy groups -OCH3 is 1. The number of thioether (sulfide) groups is 1. The number of ether oxygens (including phenoxy) is 1. The number of benzene rings is 2. The summed E-state index contributed by atoms with van der Waals surface area (Å²) < 4.78 is 5.39. The zero-order chi connectivity index (χ0) is 13.7. The number of hydrogen-bond donors (Lipinski definition) is 1. The summed E-state index contributed by atoms with van der Waals surface area (Å²) in [5.74, 6) is 0.894. The molecule has 100 valence electrons. The molecule has 0 fully saturated rings.